The Morgan fingerprint density at radius 3 is 2.25 bits per heavy atom. The van der Waals surface area contributed by atoms with Crippen LogP contribution in [0.5, 0.6) is 0 Å². The van der Waals surface area contributed by atoms with Gasteiger partial charge in [-0.3, -0.25) is 0 Å². The van der Waals surface area contributed by atoms with Gasteiger partial charge in [0.25, 0.3) is 5.03 Å². The van der Waals surface area contributed by atoms with E-state index in [-0.39, 0.29) is 0 Å². The van der Waals surface area contributed by atoms with Crippen LogP contribution in [-0.2, 0) is 0 Å². The summed E-state index contributed by atoms with van der Waals surface area (Å²) in [7, 11) is 0. The fourth-order valence-corrected chi connectivity index (χ4v) is 0.116. The first-order chi connectivity index (χ1) is 1.89. The Balaban J connectivity index is 2.54. The van der Waals surface area contributed by atoms with E-state index in [4.69, 9.17) is 11.6 Å². The van der Waals surface area contributed by atoms with Gasteiger partial charge in [-0.2, -0.15) is 0 Å². The minimum atomic E-state index is 1.01. The minimum absolute atomic E-state index is 1.01. The Morgan fingerprint density at radius 1 is 2.00 bits per heavy atom. The van der Waals surface area contributed by atoms with Crippen LogP contribution < -0.4 is 0 Å². The molecule has 1 aliphatic carbocycles. The largest absolute Gasteiger partial charge is 0.518 e. The summed E-state index contributed by atoms with van der Waals surface area (Å²) < 4.78 is 0. The lowest BCUT2D eigenvalue weighted by atomic mass is 10.9. The Labute approximate surface area is 30.1 Å². The normalized spacial score (nSPS) is 19.8. The van der Waals surface area contributed by atoms with Crippen LogP contribution in [0, 0.1) is 11.6 Å². The highest BCUT2D eigenvalue weighted by molar-refractivity contribution is 5.09. The molecule has 1 rings (SSSR count). The van der Waals surface area contributed by atoms with Crippen molar-refractivity contribution in [2.24, 2.45) is 0 Å². The molecule has 0 saturated heterocycles. The van der Waals surface area contributed by atoms with Crippen LogP contribution >= 0.6 is 0 Å². The molecule has 0 spiro atoms. The fourth-order valence-electron chi connectivity index (χ4n) is 0.0386. The van der Waals surface area contributed by atoms with Gasteiger partial charge in [0.1, 0.15) is 0 Å². The standard InChI is InChI=1S/C3H3Cl/c4-3-1-2-3/h1H,2H2/q+1. The maximum Gasteiger partial charge on any atom is 0.518 e. The van der Waals surface area contributed by atoms with Crippen LogP contribution in [0.3, 0.4) is 0 Å². The van der Waals surface area contributed by atoms with Crippen LogP contribution in [-0.4, -0.2) is 0 Å². The van der Waals surface area contributed by atoms with Crippen molar-refractivity contribution in [3.8, 4) is 0 Å². The first-order valence-electron chi connectivity index (χ1n) is 1.24. The van der Waals surface area contributed by atoms with Crippen molar-refractivity contribution in [1.82, 2.24) is 0 Å². The van der Waals surface area contributed by atoms with Gasteiger partial charge in [-0.15, -0.1) is 0 Å². The Hall–Kier alpha value is 0.0300. The Kier molecular flexibility index (Phi) is 0.281. The first-order valence-corrected chi connectivity index (χ1v) is 1.62. The average Bonchev–Trinajstić information content (AvgIpc) is 1.75. The van der Waals surface area contributed by atoms with Crippen LogP contribution in [0.1, 0.15) is 6.42 Å². The number of allylic oxidation sites excluding steroid dienone is 2. The second-order valence-corrected chi connectivity index (χ2v) is 1.34. The molecule has 0 aliphatic heterocycles. The van der Waals surface area contributed by atoms with E-state index in [1.54, 1.807) is 0 Å². The van der Waals surface area contributed by atoms with Crippen LogP contribution in [0.2, 0.25) is 0 Å². The third kappa shape index (κ3) is 0.235. The highest BCUT2D eigenvalue weighted by Crippen LogP contribution is 2.13. The SMILES string of the molecule is [Cl+]C1=CC1. The molecule has 0 N–H and O–H groups in total. The zero-order valence-electron chi connectivity index (χ0n) is 2.16. The molecule has 1 heteroatoms. The maximum atomic E-state index is 5.25. The molecule has 0 aromatic rings. The third-order valence-electron chi connectivity index (χ3n) is 0.358. The molecule has 0 atom stereocenters. The third-order valence-corrected chi connectivity index (χ3v) is 0.667. The summed E-state index contributed by atoms with van der Waals surface area (Å²) in [4.78, 5) is 0. The predicted octanol–water partition coefficient (Wildman–Crippen LogP) is 0.823. The molecule has 0 fully saturated rings. The lowest BCUT2D eigenvalue weighted by Gasteiger charge is -1.16. The van der Waals surface area contributed by atoms with Crippen molar-refractivity contribution in [3.05, 3.63) is 11.1 Å². The summed E-state index contributed by atoms with van der Waals surface area (Å²) >= 11 is 5.25. The van der Waals surface area contributed by atoms with Crippen molar-refractivity contribution in [1.29, 1.82) is 0 Å². The van der Waals surface area contributed by atoms with E-state index in [0.717, 1.165) is 11.5 Å². The summed E-state index contributed by atoms with van der Waals surface area (Å²) in [5, 5.41) is 1.01. The molecular formula is C3H3Cl+. The van der Waals surface area contributed by atoms with E-state index >= 15 is 0 Å². The summed E-state index contributed by atoms with van der Waals surface area (Å²) in [6.07, 6.45) is 3.02. The fraction of sp³-hybridized carbons (Fsp3) is 0.333. The van der Waals surface area contributed by atoms with Gasteiger partial charge in [0.05, 0.1) is 6.42 Å². The molecule has 0 amide bonds. The monoisotopic (exact) mass is 74.0 g/mol. The van der Waals surface area contributed by atoms with Gasteiger partial charge in [-0.25, -0.2) is 0 Å². The van der Waals surface area contributed by atoms with Gasteiger partial charge in [0.15, 0.2) is 0 Å². The van der Waals surface area contributed by atoms with Crippen molar-refractivity contribution >= 4 is 0 Å². The van der Waals surface area contributed by atoms with Gasteiger partial charge in [-0.05, 0) is 6.08 Å². The van der Waals surface area contributed by atoms with E-state index in [9.17, 15) is 0 Å². The summed E-state index contributed by atoms with van der Waals surface area (Å²) in [5.74, 6) is 0. The van der Waals surface area contributed by atoms with Gasteiger partial charge in [0, 0.05) is 0 Å². The van der Waals surface area contributed by atoms with Crippen molar-refractivity contribution < 1.29 is 11.6 Å². The molecule has 0 nitrogen and oxygen atoms in total. The van der Waals surface area contributed by atoms with Crippen LogP contribution in [0.25, 0.3) is 0 Å². The Morgan fingerprint density at radius 2 is 2.25 bits per heavy atom. The smallest absolute Gasteiger partial charge is 0.00556 e. The average molecular weight is 74.5 g/mol. The zero-order valence-corrected chi connectivity index (χ0v) is 2.92. The van der Waals surface area contributed by atoms with Gasteiger partial charge in [-0.1, -0.05) is 0 Å². The molecule has 1 radical (unpaired) electrons. The van der Waals surface area contributed by atoms with Crippen LogP contribution in [0.15, 0.2) is 11.1 Å². The maximum absolute atomic E-state index is 5.25. The van der Waals surface area contributed by atoms with Crippen molar-refractivity contribution in [3.63, 3.8) is 0 Å². The molecule has 0 aromatic heterocycles. The predicted molar refractivity (Wildman–Crippen MR) is 12.7 cm³/mol. The van der Waals surface area contributed by atoms with Gasteiger partial charge < -0.3 is 0 Å². The highest BCUT2D eigenvalue weighted by Gasteiger charge is 2.17. The number of hydrogen-bond donors (Lipinski definition) is 0. The van der Waals surface area contributed by atoms with Gasteiger partial charge >= 0.3 is 11.6 Å². The number of hydrogen-bond acceptors (Lipinski definition) is 0. The quantitative estimate of drug-likeness (QED) is 0.399. The van der Waals surface area contributed by atoms with Gasteiger partial charge in [0.2, 0.25) is 0 Å². The van der Waals surface area contributed by atoms with Crippen LogP contribution in [0.4, 0.5) is 0 Å². The highest BCUT2D eigenvalue weighted by atomic mass is 35.5. The lowest BCUT2D eigenvalue weighted by molar-refractivity contribution is -0.293. The van der Waals surface area contributed by atoms with E-state index < -0.39 is 0 Å². The molecular weight excluding hydrogens is 71.5 g/mol. The van der Waals surface area contributed by atoms with Crippen molar-refractivity contribution in [2.75, 3.05) is 0 Å². The summed E-state index contributed by atoms with van der Waals surface area (Å²) in [6.45, 7) is 0. The summed E-state index contributed by atoms with van der Waals surface area (Å²) in [5.41, 5.74) is 0. The minimum Gasteiger partial charge on any atom is -0.00556 e. The van der Waals surface area contributed by atoms with E-state index in [1.165, 1.54) is 0 Å². The molecule has 1 aliphatic rings. The number of halogens is 1. The molecule has 0 unspecified atom stereocenters. The molecule has 21 valence electrons. The van der Waals surface area contributed by atoms with E-state index in [1.807, 2.05) is 6.08 Å². The van der Waals surface area contributed by atoms with E-state index in [2.05, 4.69) is 0 Å². The molecule has 0 heterocycles. The number of rotatable bonds is 0. The molecule has 0 saturated carbocycles. The topological polar surface area (TPSA) is 0 Å². The second kappa shape index (κ2) is 0.494. The first kappa shape index (κ1) is 2.28. The summed E-state index contributed by atoms with van der Waals surface area (Å²) in [6, 6.07) is 0. The van der Waals surface area contributed by atoms with Crippen molar-refractivity contribution in [2.45, 2.75) is 6.42 Å². The second-order valence-electron chi connectivity index (χ2n) is 0.855. The Bertz CT molecular complexity index is 54.3. The van der Waals surface area contributed by atoms with E-state index in [0.29, 0.717) is 0 Å². The molecule has 4 heavy (non-hydrogen) atoms. The zero-order chi connectivity index (χ0) is 2.99. The molecule has 0 aromatic carbocycles. The lowest BCUT2D eigenvalue weighted by Crippen LogP contribution is -1.30. The molecule has 0 bridgehead atoms.